The number of aliphatic hydroxyl groups is 1. The SMILES string of the molecule is CCCN(CCO)C(=O)c1cc(N)cc(C)c1F. The summed E-state index contributed by atoms with van der Waals surface area (Å²) in [4.78, 5) is 13.6. The number of rotatable bonds is 5. The van der Waals surface area contributed by atoms with Crippen molar-refractivity contribution in [3.05, 3.63) is 29.1 Å². The molecule has 1 aromatic rings. The van der Waals surface area contributed by atoms with Crippen molar-refractivity contribution in [1.82, 2.24) is 4.90 Å². The van der Waals surface area contributed by atoms with Gasteiger partial charge < -0.3 is 15.7 Å². The average Bonchev–Trinajstić information content (AvgIpc) is 2.32. The van der Waals surface area contributed by atoms with Crippen molar-refractivity contribution in [3.63, 3.8) is 0 Å². The van der Waals surface area contributed by atoms with Crippen LogP contribution in [0.1, 0.15) is 29.3 Å². The fraction of sp³-hybridized carbons (Fsp3) is 0.462. The van der Waals surface area contributed by atoms with E-state index in [1.165, 1.54) is 17.0 Å². The zero-order chi connectivity index (χ0) is 13.7. The van der Waals surface area contributed by atoms with E-state index in [9.17, 15) is 9.18 Å². The normalized spacial score (nSPS) is 10.4. The van der Waals surface area contributed by atoms with Crippen LogP contribution in [-0.4, -0.2) is 35.6 Å². The van der Waals surface area contributed by atoms with Gasteiger partial charge in [0.15, 0.2) is 0 Å². The van der Waals surface area contributed by atoms with Crippen LogP contribution in [0.5, 0.6) is 0 Å². The molecular formula is C13H19FN2O2. The first-order chi connectivity index (χ1) is 8.51. The zero-order valence-corrected chi connectivity index (χ0v) is 10.7. The molecule has 0 aliphatic heterocycles. The minimum atomic E-state index is -0.548. The number of carbonyl (C=O) groups excluding carboxylic acids is 1. The van der Waals surface area contributed by atoms with Crippen LogP contribution in [0.25, 0.3) is 0 Å². The van der Waals surface area contributed by atoms with E-state index in [0.29, 0.717) is 17.8 Å². The van der Waals surface area contributed by atoms with Crippen LogP contribution in [0, 0.1) is 12.7 Å². The quantitative estimate of drug-likeness (QED) is 0.784. The van der Waals surface area contributed by atoms with Gasteiger partial charge in [-0.05, 0) is 31.0 Å². The average molecular weight is 254 g/mol. The molecule has 0 atom stereocenters. The van der Waals surface area contributed by atoms with Gasteiger partial charge in [-0.1, -0.05) is 6.92 Å². The number of nitrogen functional groups attached to an aromatic ring is 1. The molecule has 0 aromatic heterocycles. The summed E-state index contributed by atoms with van der Waals surface area (Å²) >= 11 is 0. The number of halogens is 1. The first kappa shape index (κ1) is 14.4. The van der Waals surface area contributed by atoms with Crippen molar-refractivity contribution in [3.8, 4) is 0 Å². The van der Waals surface area contributed by atoms with Gasteiger partial charge in [0, 0.05) is 18.8 Å². The van der Waals surface area contributed by atoms with Gasteiger partial charge in [0.05, 0.1) is 12.2 Å². The highest BCUT2D eigenvalue weighted by atomic mass is 19.1. The Morgan fingerprint density at radius 2 is 2.11 bits per heavy atom. The second-order valence-corrected chi connectivity index (χ2v) is 4.22. The van der Waals surface area contributed by atoms with E-state index in [0.717, 1.165) is 6.42 Å². The maximum atomic E-state index is 13.9. The molecule has 0 fully saturated rings. The smallest absolute Gasteiger partial charge is 0.256 e. The Morgan fingerprint density at radius 3 is 2.67 bits per heavy atom. The van der Waals surface area contributed by atoms with Gasteiger partial charge in [0.2, 0.25) is 0 Å². The Labute approximate surface area is 106 Å². The molecule has 18 heavy (non-hydrogen) atoms. The molecule has 0 bridgehead atoms. The lowest BCUT2D eigenvalue weighted by molar-refractivity contribution is 0.0717. The van der Waals surface area contributed by atoms with Gasteiger partial charge in [0.25, 0.3) is 5.91 Å². The largest absolute Gasteiger partial charge is 0.399 e. The van der Waals surface area contributed by atoms with E-state index in [1.54, 1.807) is 6.92 Å². The molecule has 0 radical (unpaired) electrons. The number of nitrogens with zero attached hydrogens (tertiary/aromatic N) is 1. The van der Waals surface area contributed by atoms with Crippen molar-refractivity contribution < 1.29 is 14.3 Å². The molecular weight excluding hydrogens is 235 g/mol. The first-order valence-electron chi connectivity index (χ1n) is 5.97. The van der Waals surface area contributed by atoms with Crippen LogP contribution >= 0.6 is 0 Å². The predicted molar refractivity (Wildman–Crippen MR) is 68.8 cm³/mol. The van der Waals surface area contributed by atoms with E-state index in [2.05, 4.69) is 0 Å². The molecule has 100 valence electrons. The number of hydrogen-bond acceptors (Lipinski definition) is 3. The molecule has 0 aliphatic rings. The summed E-state index contributed by atoms with van der Waals surface area (Å²) in [5.74, 6) is -0.980. The molecule has 0 saturated heterocycles. The van der Waals surface area contributed by atoms with E-state index >= 15 is 0 Å². The fourth-order valence-corrected chi connectivity index (χ4v) is 1.83. The fourth-order valence-electron chi connectivity index (χ4n) is 1.83. The Hall–Kier alpha value is -1.62. The number of hydrogen-bond donors (Lipinski definition) is 2. The summed E-state index contributed by atoms with van der Waals surface area (Å²) in [5, 5.41) is 8.93. The van der Waals surface area contributed by atoms with Crippen LogP contribution in [0.3, 0.4) is 0 Å². The molecule has 1 rings (SSSR count). The predicted octanol–water partition coefficient (Wildman–Crippen LogP) is 1.56. The van der Waals surface area contributed by atoms with Gasteiger partial charge in [-0.25, -0.2) is 4.39 Å². The van der Waals surface area contributed by atoms with Crippen molar-refractivity contribution in [2.75, 3.05) is 25.4 Å². The molecule has 0 heterocycles. The molecule has 0 unspecified atom stereocenters. The number of amides is 1. The van der Waals surface area contributed by atoms with E-state index in [1.807, 2.05) is 6.92 Å². The lowest BCUT2D eigenvalue weighted by Gasteiger charge is -2.21. The van der Waals surface area contributed by atoms with Gasteiger partial charge in [-0.15, -0.1) is 0 Å². The Bertz CT molecular complexity index is 429. The number of anilines is 1. The van der Waals surface area contributed by atoms with Gasteiger partial charge in [0.1, 0.15) is 5.82 Å². The maximum Gasteiger partial charge on any atom is 0.256 e. The molecule has 5 heteroatoms. The highest BCUT2D eigenvalue weighted by Crippen LogP contribution is 2.19. The van der Waals surface area contributed by atoms with Crippen LogP contribution in [0.2, 0.25) is 0 Å². The van der Waals surface area contributed by atoms with Crippen molar-refractivity contribution in [1.29, 1.82) is 0 Å². The van der Waals surface area contributed by atoms with Crippen LogP contribution in [0.15, 0.2) is 12.1 Å². The topological polar surface area (TPSA) is 66.6 Å². The second kappa shape index (κ2) is 6.35. The van der Waals surface area contributed by atoms with Gasteiger partial charge in [-0.2, -0.15) is 0 Å². The lowest BCUT2D eigenvalue weighted by atomic mass is 10.1. The summed E-state index contributed by atoms with van der Waals surface area (Å²) in [5.41, 5.74) is 6.30. The Balaban J connectivity index is 3.07. The lowest BCUT2D eigenvalue weighted by Crippen LogP contribution is -2.35. The van der Waals surface area contributed by atoms with Crippen molar-refractivity contribution in [2.24, 2.45) is 0 Å². The van der Waals surface area contributed by atoms with Gasteiger partial charge >= 0.3 is 0 Å². The van der Waals surface area contributed by atoms with E-state index in [-0.39, 0.29) is 18.7 Å². The number of aliphatic hydroxyl groups excluding tert-OH is 1. The molecule has 1 amide bonds. The molecule has 0 saturated carbocycles. The molecule has 3 N–H and O–H groups in total. The maximum absolute atomic E-state index is 13.9. The molecule has 0 aliphatic carbocycles. The third kappa shape index (κ3) is 3.20. The number of benzene rings is 1. The molecule has 1 aromatic carbocycles. The minimum absolute atomic E-state index is 0.0330. The Morgan fingerprint density at radius 1 is 1.44 bits per heavy atom. The van der Waals surface area contributed by atoms with Crippen molar-refractivity contribution >= 4 is 11.6 Å². The molecule has 0 spiro atoms. The van der Waals surface area contributed by atoms with E-state index < -0.39 is 11.7 Å². The minimum Gasteiger partial charge on any atom is -0.399 e. The number of carbonyl (C=O) groups is 1. The highest BCUT2D eigenvalue weighted by Gasteiger charge is 2.20. The Kier molecular flexibility index (Phi) is 5.09. The summed E-state index contributed by atoms with van der Waals surface area (Å²) < 4.78 is 13.9. The van der Waals surface area contributed by atoms with Crippen LogP contribution in [-0.2, 0) is 0 Å². The van der Waals surface area contributed by atoms with Crippen molar-refractivity contribution in [2.45, 2.75) is 20.3 Å². The summed E-state index contributed by atoms with van der Waals surface area (Å²) in [7, 11) is 0. The molecule has 4 nitrogen and oxygen atoms in total. The highest BCUT2D eigenvalue weighted by molar-refractivity contribution is 5.95. The summed E-state index contributed by atoms with van der Waals surface area (Å²) in [6.45, 7) is 4.01. The monoisotopic (exact) mass is 254 g/mol. The second-order valence-electron chi connectivity index (χ2n) is 4.22. The first-order valence-corrected chi connectivity index (χ1v) is 5.97. The number of nitrogens with two attached hydrogens (primary N) is 1. The number of aryl methyl sites for hydroxylation is 1. The van der Waals surface area contributed by atoms with Crippen LogP contribution < -0.4 is 5.73 Å². The van der Waals surface area contributed by atoms with E-state index in [4.69, 9.17) is 10.8 Å². The third-order valence-corrected chi connectivity index (χ3v) is 2.66. The third-order valence-electron chi connectivity index (χ3n) is 2.66. The standard InChI is InChI=1S/C13H19FN2O2/c1-3-4-16(5-6-17)13(18)11-8-10(15)7-9(2)12(11)14/h7-8,17H,3-6,15H2,1-2H3. The van der Waals surface area contributed by atoms with Gasteiger partial charge in [-0.3, -0.25) is 4.79 Å². The summed E-state index contributed by atoms with van der Waals surface area (Å²) in [6, 6.07) is 2.83. The summed E-state index contributed by atoms with van der Waals surface area (Å²) in [6.07, 6.45) is 0.745. The van der Waals surface area contributed by atoms with Crippen LogP contribution in [0.4, 0.5) is 10.1 Å². The zero-order valence-electron chi connectivity index (χ0n) is 10.7.